The first kappa shape index (κ1) is 82.9. The van der Waals surface area contributed by atoms with E-state index < -0.39 is 49.5 Å². The number of amides is 1. The molecule has 7 unspecified atom stereocenters. The van der Waals surface area contributed by atoms with Crippen LogP contribution in [0.1, 0.15) is 328 Å². The minimum atomic E-state index is -1.58. The molecule has 0 spiro atoms. The lowest BCUT2D eigenvalue weighted by Gasteiger charge is -2.40. The summed E-state index contributed by atoms with van der Waals surface area (Å²) in [6.07, 6.45) is 92.1. The molecular formula is C79H139NO8. The summed E-state index contributed by atoms with van der Waals surface area (Å²) in [5.41, 5.74) is 0. The minimum absolute atomic E-state index is 0.188. The number of carbonyl (C=O) groups excluding carboxylic acids is 1. The highest BCUT2D eigenvalue weighted by Crippen LogP contribution is 2.23. The van der Waals surface area contributed by atoms with Gasteiger partial charge in [-0.2, -0.15) is 0 Å². The summed E-state index contributed by atoms with van der Waals surface area (Å²) in [7, 11) is 0. The van der Waals surface area contributed by atoms with Crippen LogP contribution in [0.4, 0.5) is 0 Å². The van der Waals surface area contributed by atoms with Gasteiger partial charge in [0.05, 0.1) is 25.4 Å². The molecule has 0 bridgehead atoms. The van der Waals surface area contributed by atoms with Crippen molar-refractivity contribution in [1.29, 1.82) is 0 Å². The van der Waals surface area contributed by atoms with Crippen molar-refractivity contribution in [2.45, 2.75) is 371 Å². The maximum Gasteiger partial charge on any atom is 0.220 e. The van der Waals surface area contributed by atoms with Crippen molar-refractivity contribution in [3.63, 3.8) is 0 Å². The van der Waals surface area contributed by atoms with Crippen molar-refractivity contribution in [3.8, 4) is 0 Å². The van der Waals surface area contributed by atoms with Crippen molar-refractivity contribution < 1.29 is 39.8 Å². The molecule has 9 nitrogen and oxygen atoms in total. The van der Waals surface area contributed by atoms with Crippen molar-refractivity contribution in [3.05, 3.63) is 109 Å². The Labute approximate surface area is 542 Å². The third-order valence-corrected chi connectivity index (χ3v) is 17.1. The molecular weight excluding hydrogens is 1090 g/mol. The van der Waals surface area contributed by atoms with E-state index in [2.05, 4.69) is 116 Å². The third kappa shape index (κ3) is 54.6. The average Bonchev–Trinajstić information content (AvgIpc) is 3.31. The zero-order valence-electron chi connectivity index (χ0n) is 57.0. The molecule has 1 aliphatic rings. The minimum Gasteiger partial charge on any atom is -0.394 e. The molecule has 0 aliphatic carbocycles. The highest BCUT2D eigenvalue weighted by atomic mass is 16.7. The van der Waals surface area contributed by atoms with Gasteiger partial charge in [-0.1, -0.05) is 335 Å². The monoisotopic (exact) mass is 1230 g/mol. The lowest BCUT2D eigenvalue weighted by atomic mass is 9.99. The zero-order valence-corrected chi connectivity index (χ0v) is 57.0. The number of aliphatic hydroxyl groups excluding tert-OH is 5. The second-order valence-corrected chi connectivity index (χ2v) is 25.3. The van der Waals surface area contributed by atoms with Gasteiger partial charge in [-0.25, -0.2) is 0 Å². The Bertz CT molecular complexity index is 1760. The van der Waals surface area contributed by atoms with Gasteiger partial charge >= 0.3 is 0 Å². The van der Waals surface area contributed by atoms with Gasteiger partial charge < -0.3 is 40.3 Å². The summed E-state index contributed by atoms with van der Waals surface area (Å²) in [4.78, 5) is 13.1. The van der Waals surface area contributed by atoms with Crippen LogP contribution >= 0.6 is 0 Å². The lowest BCUT2D eigenvalue weighted by Crippen LogP contribution is -2.60. The number of aliphatic hydroxyl groups is 5. The van der Waals surface area contributed by atoms with Crippen LogP contribution in [-0.4, -0.2) is 87.5 Å². The number of nitrogens with one attached hydrogen (secondary N) is 1. The van der Waals surface area contributed by atoms with E-state index >= 15 is 0 Å². The Kier molecular flexibility index (Phi) is 62.9. The summed E-state index contributed by atoms with van der Waals surface area (Å²) in [6, 6.07) is -0.833. The van der Waals surface area contributed by atoms with Gasteiger partial charge in [-0.3, -0.25) is 4.79 Å². The standard InChI is InChI=1S/C79H139NO8/c1-3-5-7-9-11-13-15-17-19-21-23-25-27-29-30-31-32-33-34-35-36-37-38-39-40-41-42-43-44-45-47-49-51-53-55-57-59-61-63-65-67-69-75(83)80-72(71-87-79-78(86)77(85)76(84)74(70-81)88-79)73(82)68-66-64-62-60-58-56-54-52-50-48-46-28-26-24-22-20-18-16-14-12-10-8-6-4-2/h5,7,11,13,17,19,23,25,29-30,32-33,50,52,58,60,66,68,72-74,76-79,81-82,84-86H,3-4,6,8-10,12,14-16,18,20-22,24,26-28,31,34-49,51,53-57,59,61-65,67,69-71H2,1-2H3,(H,80,83)/b7-5-,13-11-,19-17-,25-23-,30-29-,33-32-,52-50+,60-58+,68-66+. The second kappa shape index (κ2) is 66.8. The van der Waals surface area contributed by atoms with E-state index in [0.29, 0.717) is 6.42 Å². The Hall–Kier alpha value is -3.15. The maximum absolute atomic E-state index is 13.1. The summed E-state index contributed by atoms with van der Waals surface area (Å²) >= 11 is 0. The topological polar surface area (TPSA) is 149 Å². The van der Waals surface area contributed by atoms with E-state index in [1.165, 1.54) is 225 Å². The highest BCUT2D eigenvalue weighted by Gasteiger charge is 2.44. The molecule has 0 aromatic carbocycles. The molecule has 0 radical (unpaired) electrons. The lowest BCUT2D eigenvalue weighted by molar-refractivity contribution is -0.302. The van der Waals surface area contributed by atoms with Crippen molar-refractivity contribution >= 4 is 5.91 Å². The number of ether oxygens (including phenoxy) is 2. The van der Waals surface area contributed by atoms with Gasteiger partial charge in [0.15, 0.2) is 6.29 Å². The Morgan fingerprint density at radius 2 is 0.716 bits per heavy atom. The average molecular weight is 1230 g/mol. The van der Waals surface area contributed by atoms with Crippen LogP contribution in [0.15, 0.2) is 109 Å². The van der Waals surface area contributed by atoms with Crippen LogP contribution in [0.5, 0.6) is 0 Å². The number of rotatable bonds is 64. The van der Waals surface area contributed by atoms with Gasteiger partial charge in [0, 0.05) is 6.42 Å². The summed E-state index contributed by atoms with van der Waals surface area (Å²) in [6.45, 7) is 3.67. The largest absolute Gasteiger partial charge is 0.394 e. The number of allylic oxidation sites excluding steroid dienone is 17. The maximum atomic E-state index is 13.1. The number of hydrogen-bond donors (Lipinski definition) is 6. The van der Waals surface area contributed by atoms with E-state index in [-0.39, 0.29) is 12.5 Å². The van der Waals surface area contributed by atoms with Crippen LogP contribution in [-0.2, 0) is 14.3 Å². The molecule has 0 aromatic heterocycles. The van der Waals surface area contributed by atoms with Gasteiger partial charge in [0.2, 0.25) is 5.91 Å². The zero-order chi connectivity index (χ0) is 63.5. The fourth-order valence-electron chi connectivity index (χ4n) is 11.3. The molecule has 1 amide bonds. The van der Waals surface area contributed by atoms with Crippen molar-refractivity contribution in [2.24, 2.45) is 0 Å². The Morgan fingerprint density at radius 1 is 0.398 bits per heavy atom. The predicted octanol–water partition coefficient (Wildman–Crippen LogP) is 20.8. The van der Waals surface area contributed by atoms with Gasteiger partial charge in [-0.15, -0.1) is 0 Å². The molecule has 88 heavy (non-hydrogen) atoms. The molecule has 1 saturated heterocycles. The highest BCUT2D eigenvalue weighted by molar-refractivity contribution is 5.76. The number of carbonyl (C=O) groups is 1. The molecule has 1 rings (SSSR count). The van der Waals surface area contributed by atoms with Gasteiger partial charge in [0.1, 0.15) is 24.4 Å². The molecule has 1 fully saturated rings. The molecule has 7 atom stereocenters. The summed E-state index contributed by atoms with van der Waals surface area (Å²) < 4.78 is 11.3. The van der Waals surface area contributed by atoms with E-state index in [9.17, 15) is 30.3 Å². The van der Waals surface area contributed by atoms with Crippen LogP contribution in [0, 0.1) is 0 Å². The Morgan fingerprint density at radius 3 is 1.09 bits per heavy atom. The third-order valence-electron chi connectivity index (χ3n) is 17.1. The summed E-state index contributed by atoms with van der Waals surface area (Å²) in [5, 5.41) is 54.8. The van der Waals surface area contributed by atoms with Crippen LogP contribution in [0.3, 0.4) is 0 Å². The fraction of sp³-hybridized carbons (Fsp3) is 0.759. The van der Waals surface area contributed by atoms with E-state index in [1.54, 1.807) is 6.08 Å². The molecule has 0 saturated carbocycles. The molecule has 6 N–H and O–H groups in total. The molecule has 1 aliphatic heterocycles. The van der Waals surface area contributed by atoms with Gasteiger partial charge in [-0.05, 0) is 96.3 Å². The molecule has 508 valence electrons. The van der Waals surface area contributed by atoms with Crippen molar-refractivity contribution in [1.82, 2.24) is 5.32 Å². The first-order valence-corrected chi connectivity index (χ1v) is 37.1. The quantitative estimate of drug-likeness (QED) is 0.0261. The fourth-order valence-corrected chi connectivity index (χ4v) is 11.3. The van der Waals surface area contributed by atoms with Crippen molar-refractivity contribution in [2.75, 3.05) is 13.2 Å². The second-order valence-electron chi connectivity index (χ2n) is 25.3. The first-order chi connectivity index (χ1) is 43.3. The molecule has 0 aromatic rings. The first-order valence-electron chi connectivity index (χ1n) is 37.1. The van der Waals surface area contributed by atoms with Crippen LogP contribution in [0.2, 0.25) is 0 Å². The predicted molar refractivity (Wildman–Crippen MR) is 377 cm³/mol. The summed E-state index contributed by atoms with van der Waals surface area (Å²) in [5.74, 6) is -0.188. The van der Waals surface area contributed by atoms with Crippen LogP contribution in [0.25, 0.3) is 0 Å². The molecule has 1 heterocycles. The van der Waals surface area contributed by atoms with E-state index in [0.717, 1.165) is 83.5 Å². The number of hydrogen-bond acceptors (Lipinski definition) is 8. The normalized spacial score (nSPS) is 18.6. The van der Waals surface area contributed by atoms with E-state index in [1.807, 2.05) is 6.08 Å². The van der Waals surface area contributed by atoms with Gasteiger partial charge in [0.25, 0.3) is 0 Å². The number of unbranched alkanes of at least 4 members (excludes halogenated alkanes) is 38. The smallest absolute Gasteiger partial charge is 0.220 e. The molecule has 9 heteroatoms. The Balaban J connectivity index is 2.09. The van der Waals surface area contributed by atoms with E-state index in [4.69, 9.17) is 9.47 Å². The SMILES string of the molecule is CC/C=C\C/C=C\C/C=C\C/C=C\C/C=C\C/C=C\CCCCCCCCCCCCCCCCCCCCCCCCC(=O)NC(COC1OC(CO)C(O)C(O)C1O)C(O)/C=C/CC/C=C/CC/C=C/CCCCCCCCCCCCCCCC. The van der Waals surface area contributed by atoms with Crippen LogP contribution < -0.4 is 5.32 Å².